The molecule has 0 bridgehead atoms. The van der Waals surface area contributed by atoms with Gasteiger partial charge in [-0.2, -0.15) is 0 Å². The van der Waals surface area contributed by atoms with E-state index in [0.29, 0.717) is 48.1 Å². The molecule has 1 saturated heterocycles. The van der Waals surface area contributed by atoms with Crippen LogP contribution in [0.4, 0.5) is 11.4 Å². The van der Waals surface area contributed by atoms with Gasteiger partial charge >= 0.3 is 0 Å². The SMILES string of the molecule is Cl.Cl.Nc1ccccc1C(=O)N1CCN(CC(=O)Nc2ccccc2Cl)CC1. The van der Waals surface area contributed by atoms with Crippen molar-refractivity contribution < 1.29 is 9.59 Å². The van der Waals surface area contributed by atoms with Gasteiger partial charge in [-0.05, 0) is 24.3 Å². The third-order valence-corrected chi connectivity index (χ3v) is 4.70. The molecule has 0 unspecified atom stereocenters. The maximum atomic E-state index is 12.6. The number of carbonyl (C=O) groups is 2. The van der Waals surface area contributed by atoms with Crippen LogP contribution in [0.3, 0.4) is 0 Å². The van der Waals surface area contributed by atoms with Crippen LogP contribution in [0.25, 0.3) is 0 Å². The molecule has 1 fully saturated rings. The number of benzene rings is 2. The smallest absolute Gasteiger partial charge is 0.256 e. The lowest BCUT2D eigenvalue weighted by Gasteiger charge is -2.34. The fourth-order valence-electron chi connectivity index (χ4n) is 2.93. The van der Waals surface area contributed by atoms with Gasteiger partial charge in [0.25, 0.3) is 5.91 Å². The van der Waals surface area contributed by atoms with E-state index in [4.69, 9.17) is 17.3 Å². The van der Waals surface area contributed by atoms with Crippen molar-refractivity contribution in [3.63, 3.8) is 0 Å². The normalized spacial score (nSPS) is 13.8. The summed E-state index contributed by atoms with van der Waals surface area (Å²) in [4.78, 5) is 28.6. The number of carbonyl (C=O) groups excluding carboxylic acids is 2. The standard InChI is InChI=1S/C19H21ClN4O2.2ClH/c20-15-6-2-4-8-17(15)22-18(25)13-23-9-11-24(12-10-23)19(26)14-5-1-3-7-16(14)21;;/h1-8H,9-13,21H2,(H,22,25);2*1H. The van der Waals surface area contributed by atoms with E-state index < -0.39 is 0 Å². The molecule has 1 aliphatic heterocycles. The fraction of sp³-hybridized carbons (Fsp3) is 0.263. The number of hydrogen-bond donors (Lipinski definition) is 2. The van der Waals surface area contributed by atoms with Crippen LogP contribution < -0.4 is 11.1 Å². The van der Waals surface area contributed by atoms with Gasteiger partial charge in [0, 0.05) is 31.9 Å². The Morgan fingerprint density at radius 1 is 0.964 bits per heavy atom. The summed E-state index contributed by atoms with van der Waals surface area (Å²) >= 11 is 6.05. The highest BCUT2D eigenvalue weighted by atomic mass is 35.5. The molecule has 2 amide bonds. The lowest BCUT2D eigenvalue weighted by Crippen LogP contribution is -2.50. The lowest BCUT2D eigenvalue weighted by atomic mass is 10.1. The molecule has 0 radical (unpaired) electrons. The van der Waals surface area contributed by atoms with E-state index in [9.17, 15) is 9.59 Å². The van der Waals surface area contributed by atoms with E-state index in [1.807, 2.05) is 23.1 Å². The minimum Gasteiger partial charge on any atom is -0.398 e. The zero-order chi connectivity index (χ0) is 18.5. The van der Waals surface area contributed by atoms with Gasteiger partial charge in [-0.3, -0.25) is 14.5 Å². The molecular formula is C19H23Cl3N4O2. The third kappa shape index (κ3) is 6.01. The predicted octanol–water partition coefficient (Wildman–Crippen LogP) is 3.16. The number of amides is 2. The van der Waals surface area contributed by atoms with Crippen molar-refractivity contribution in [1.82, 2.24) is 9.80 Å². The van der Waals surface area contributed by atoms with Crippen molar-refractivity contribution in [2.45, 2.75) is 0 Å². The van der Waals surface area contributed by atoms with Crippen molar-refractivity contribution in [1.29, 1.82) is 0 Å². The van der Waals surface area contributed by atoms with Crippen LogP contribution in [-0.2, 0) is 4.79 Å². The zero-order valence-electron chi connectivity index (χ0n) is 15.1. The number of nitrogens with zero attached hydrogens (tertiary/aromatic N) is 2. The predicted molar refractivity (Wildman–Crippen MR) is 118 cm³/mol. The van der Waals surface area contributed by atoms with Crippen LogP contribution in [0.5, 0.6) is 0 Å². The molecule has 152 valence electrons. The molecule has 0 aliphatic carbocycles. The summed E-state index contributed by atoms with van der Waals surface area (Å²) in [6.45, 7) is 2.66. The topological polar surface area (TPSA) is 78.7 Å². The quantitative estimate of drug-likeness (QED) is 0.709. The summed E-state index contributed by atoms with van der Waals surface area (Å²) < 4.78 is 0. The molecule has 6 nitrogen and oxygen atoms in total. The van der Waals surface area contributed by atoms with Gasteiger partial charge in [-0.25, -0.2) is 0 Å². The van der Waals surface area contributed by atoms with Crippen LogP contribution in [0, 0.1) is 0 Å². The maximum absolute atomic E-state index is 12.6. The van der Waals surface area contributed by atoms with Gasteiger partial charge < -0.3 is 16.0 Å². The second-order valence-corrected chi connectivity index (χ2v) is 6.59. The molecule has 0 saturated carbocycles. The van der Waals surface area contributed by atoms with Crippen LogP contribution in [0.1, 0.15) is 10.4 Å². The van der Waals surface area contributed by atoms with Crippen molar-refractivity contribution in [3.8, 4) is 0 Å². The highest BCUT2D eigenvalue weighted by molar-refractivity contribution is 6.33. The minimum atomic E-state index is -0.120. The lowest BCUT2D eigenvalue weighted by molar-refractivity contribution is -0.117. The highest BCUT2D eigenvalue weighted by Gasteiger charge is 2.24. The van der Waals surface area contributed by atoms with E-state index in [1.54, 1.807) is 35.2 Å². The Labute approximate surface area is 181 Å². The van der Waals surface area contributed by atoms with Crippen LogP contribution in [-0.4, -0.2) is 54.3 Å². The molecule has 3 N–H and O–H groups in total. The number of para-hydroxylation sites is 2. The van der Waals surface area contributed by atoms with E-state index in [2.05, 4.69) is 5.32 Å². The molecule has 2 aromatic rings. The number of anilines is 2. The third-order valence-electron chi connectivity index (χ3n) is 4.37. The molecule has 0 atom stereocenters. The summed E-state index contributed by atoms with van der Waals surface area (Å²) in [6, 6.07) is 14.2. The Bertz CT molecular complexity index is 811. The first-order chi connectivity index (χ1) is 12.5. The monoisotopic (exact) mass is 444 g/mol. The number of nitrogen functional groups attached to an aromatic ring is 1. The molecule has 1 heterocycles. The largest absolute Gasteiger partial charge is 0.398 e. The first-order valence-corrected chi connectivity index (χ1v) is 8.83. The van der Waals surface area contributed by atoms with Gasteiger partial charge in [0.1, 0.15) is 0 Å². The Kier molecular flexibility index (Phi) is 9.55. The summed E-state index contributed by atoms with van der Waals surface area (Å²) in [5.74, 6) is -0.187. The van der Waals surface area contributed by atoms with Crippen molar-refractivity contribution in [2.24, 2.45) is 0 Å². The number of hydrogen-bond acceptors (Lipinski definition) is 4. The second kappa shape index (κ2) is 11.1. The average Bonchev–Trinajstić information content (AvgIpc) is 2.64. The number of rotatable bonds is 4. The Morgan fingerprint density at radius 2 is 1.57 bits per heavy atom. The molecule has 3 rings (SSSR count). The van der Waals surface area contributed by atoms with Gasteiger partial charge in [0.2, 0.25) is 5.91 Å². The Hall–Kier alpha value is -1.99. The minimum absolute atomic E-state index is 0. The molecule has 28 heavy (non-hydrogen) atoms. The molecule has 9 heteroatoms. The van der Waals surface area contributed by atoms with E-state index in [1.165, 1.54) is 0 Å². The summed E-state index contributed by atoms with van der Waals surface area (Å²) in [6.07, 6.45) is 0. The number of nitrogens with two attached hydrogens (primary N) is 1. The summed E-state index contributed by atoms with van der Waals surface area (Å²) in [7, 11) is 0. The van der Waals surface area contributed by atoms with Gasteiger partial charge in [-0.15, -0.1) is 24.8 Å². The van der Waals surface area contributed by atoms with E-state index >= 15 is 0 Å². The highest BCUT2D eigenvalue weighted by Crippen LogP contribution is 2.20. The van der Waals surface area contributed by atoms with Gasteiger partial charge in [0.05, 0.1) is 22.8 Å². The summed E-state index contributed by atoms with van der Waals surface area (Å²) in [5, 5.41) is 3.33. The maximum Gasteiger partial charge on any atom is 0.256 e. The van der Waals surface area contributed by atoms with Crippen LogP contribution in [0.15, 0.2) is 48.5 Å². The second-order valence-electron chi connectivity index (χ2n) is 6.18. The van der Waals surface area contributed by atoms with Crippen molar-refractivity contribution >= 4 is 59.6 Å². The fourth-order valence-corrected chi connectivity index (χ4v) is 3.11. The Morgan fingerprint density at radius 3 is 2.21 bits per heavy atom. The number of piperazine rings is 1. The van der Waals surface area contributed by atoms with Crippen molar-refractivity contribution in [3.05, 3.63) is 59.1 Å². The van der Waals surface area contributed by atoms with Gasteiger partial charge in [0.15, 0.2) is 0 Å². The molecule has 1 aliphatic rings. The molecular weight excluding hydrogens is 423 g/mol. The molecule has 0 aromatic heterocycles. The molecule has 2 aromatic carbocycles. The first kappa shape index (κ1) is 24.0. The zero-order valence-corrected chi connectivity index (χ0v) is 17.5. The average molecular weight is 446 g/mol. The number of halogens is 3. The van der Waals surface area contributed by atoms with Gasteiger partial charge in [-0.1, -0.05) is 35.9 Å². The van der Waals surface area contributed by atoms with E-state index in [0.717, 1.165) is 0 Å². The Balaban J connectivity index is 0.00000196. The van der Waals surface area contributed by atoms with Crippen molar-refractivity contribution in [2.75, 3.05) is 43.8 Å². The summed E-state index contributed by atoms with van der Waals surface area (Å²) in [5.41, 5.74) is 7.50. The van der Waals surface area contributed by atoms with Crippen LogP contribution in [0.2, 0.25) is 5.02 Å². The number of nitrogens with one attached hydrogen (secondary N) is 1. The van der Waals surface area contributed by atoms with Crippen LogP contribution >= 0.6 is 36.4 Å². The van der Waals surface area contributed by atoms with E-state index in [-0.39, 0.29) is 43.2 Å². The first-order valence-electron chi connectivity index (χ1n) is 8.45. The molecule has 0 spiro atoms.